The minimum atomic E-state index is 1.03. The van der Waals surface area contributed by atoms with Crippen LogP contribution in [0.4, 0.5) is 0 Å². The molecule has 1 aromatic carbocycles. The summed E-state index contributed by atoms with van der Waals surface area (Å²) in [5.74, 6) is 0. The number of rotatable bonds is 3. The van der Waals surface area contributed by atoms with Crippen molar-refractivity contribution in [2.24, 2.45) is 0 Å². The molecule has 154 valence electrons. The Labute approximate surface area is 171 Å². The van der Waals surface area contributed by atoms with Crippen LogP contribution in [0, 0.1) is 13.8 Å². The first-order valence-corrected chi connectivity index (χ1v) is 11.0. The molecule has 0 saturated carbocycles. The predicted molar refractivity (Wildman–Crippen MR) is 129 cm³/mol. The van der Waals surface area contributed by atoms with Crippen molar-refractivity contribution < 1.29 is 0 Å². The van der Waals surface area contributed by atoms with E-state index in [1.54, 1.807) is 0 Å². The van der Waals surface area contributed by atoms with E-state index in [-0.39, 0.29) is 0 Å². The smallest absolute Gasteiger partial charge is 0.00856 e. The molecule has 0 bridgehead atoms. The second-order valence-corrected chi connectivity index (χ2v) is 6.97. The van der Waals surface area contributed by atoms with Gasteiger partial charge in [-0.2, -0.15) is 0 Å². The Bertz CT molecular complexity index is 574. The number of allylic oxidation sites excluding steroid dienone is 6. The maximum absolute atomic E-state index is 2.28. The molecule has 0 heterocycles. The lowest BCUT2D eigenvalue weighted by Crippen LogP contribution is -1.91. The van der Waals surface area contributed by atoms with Gasteiger partial charge in [-0.1, -0.05) is 115 Å². The first-order valence-electron chi connectivity index (χ1n) is 11.0. The van der Waals surface area contributed by atoms with Gasteiger partial charge < -0.3 is 0 Å². The highest BCUT2D eigenvalue weighted by molar-refractivity contribution is 5.74. The van der Waals surface area contributed by atoms with Gasteiger partial charge in [0, 0.05) is 0 Å². The first kappa shape index (κ1) is 27.7. The van der Waals surface area contributed by atoms with Crippen molar-refractivity contribution >= 4 is 5.57 Å². The van der Waals surface area contributed by atoms with E-state index in [2.05, 4.69) is 91.8 Å². The topological polar surface area (TPSA) is 0 Å². The quantitative estimate of drug-likeness (QED) is 0.496. The minimum absolute atomic E-state index is 1.03. The SMILES string of the molecule is CC.CC1=CC(C)=C(c2ccc(C)cc2C)CC=C1.CCCC.CCCC. The molecule has 0 spiro atoms. The van der Waals surface area contributed by atoms with Gasteiger partial charge in [0.15, 0.2) is 0 Å². The molecule has 0 amide bonds. The van der Waals surface area contributed by atoms with E-state index in [0.29, 0.717) is 0 Å². The monoisotopic (exact) mass is 370 g/mol. The van der Waals surface area contributed by atoms with Crippen molar-refractivity contribution in [1.29, 1.82) is 0 Å². The van der Waals surface area contributed by atoms with Gasteiger partial charge in [-0.05, 0) is 56.4 Å². The number of benzene rings is 1. The summed E-state index contributed by atoms with van der Waals surface area (Å²) in [5, 5.41) is 0. The van der Waals surface area contributed by atoms with Crippen LogP contribution in [0.1, 0.15) is 104 Å². The van der Waals surface area contributed by atoms with Crippen LogP contribution in [0.3, 0.4) is 0 Å². The Morgan fingerprint density at radius 2 is 1.30 bits per heavy atom. The lowest BCUT2D eigenvalue weighted by atomic mass is 9.93. The Kier molecular flexibility index (Phi) is 18.3. The van der Waals surface area contributed by atoms with Crippen molar-refractivity contribution in [3.05, 3.63) is 64.3 Å². The normalized spacial score (nSPS) is 12.4. The van der Waals surface area contributed by atoms with Crippen molar-refractivity contribution in [2.45, 2.75) is 101 Å². The lowest BCUT2D eigenvalue weighted by molar-refractivity contribution is 0.886. The number of aryl methyl sites for hydroxylation is 2. The molecule has 0 aliphatic heterocycles. The molecule has 0 unspecified atom stereocenters. The number of unbranched alkanes of at least 4 members (excludes halogenated alkanes) is 2. The number of hydrogen-bond acceptors (Lipinski definition) is 0. The van der Waals surface area contributed by atoms with Crippen molar-refractivity contribution in [3.8, 4) is 0 Å². The van der Waals surface area contributed by atoms with E-state index in [1.165, 1.54) is 59.1 Å². The third kappa shape index (κ3) is 12.5. The molecule has 2 rings (SSSR count). The van der Waals surface area contributed by atoms with E-state index in [4.69, 9.17) is 0 Å². The summed E-state index contributed by atoms with van der Waals surface area (Å²) in [7, 11) is 0. The Morgan fingerprint density at radius 3 is 1.74 bits per heavy atom. The van der Waals surface area contributed by atoms with E-state index >= 15 is 0 Å². The molecule has 0 nitrogen and oxygen atoms in total. The van der Waals surface area contributed by atoms with Crippen molar-refractivity contribution in [2.75, 3.05) is 0 Å². The van der Waals surface area contributed by atoms with Gasteiger partial charge in [-0.25, -0.2) is 0 Å². The van der Waals surface area contributed by atoms with Crippen LogP contribution >= 0.6 is 0 Å². The van der Waals surface area contributed by atoms with Crippen LogP contribution in [-0.4, -0.2) is 0 Å². The summed E-state index contributed by atoms with van der Waals surface area (Å²) < 4.78 is 0. The van der Waals surface area contributed by atoms with Gasteiger partial charge in [0.1, 0.15) is 0 Å². The summed E-state index contributed by atoms with van der Waals surface area (Å²) in [5.41, 5.74) is 8.28. The molecule has 0 fully saturated rings. The minimum Gasteiger partial charge on any atom is -0.0798 e. The molecular formula is C27H46. The molecule has 0 atom stereocenters. The van der Waals surface area contributed by atoms with Gasteiger partial charge in [-0.15, -0.1) is 0 Å². The van der Waals surface area contributed by atoms with Gasteiger partial charge in [0.2, 0.25) is 0 Å². The van der Waals surface area contributed by atoms with Crippen LogP contribution in [0.2, 0.25) is 0 Å². The average Bonchev–Trinajstić information content (AvgIpc) is 2.84. The fraction of sp³-hybridized carbons (Fsp3) is 0.556. The van der Waals surface area contributed by atoms with Crippen LogP contribution in [-0.2, 0) is 0 Å². The highest BCUT2D eigenvalue weighted by Gasteiger charge is 2.08. The molecule has 27 heavy (non-hydrogen) atoms. The Morgan fingerprint density at radius 1 is 0.778 bits per heavy atom. The fourth-order valence-electron chi connectivity index (χ4n) is 2.47. The zero-order valence-electron chi connectivity index (χ0n) is 20.0. The second kappa shape index (κ2) is 17.8. The summed E-state index contributed by atoms with van der Waals surface area (Å²) in [6.07, 6.45) is 13.1. The van der Waals surface area contributed by atoms with Gasteiger partial charge in [0.25, 0.3) is 0 Å². The fourth-order valence-corrected chi connectivity index (χ4v) is 2.47. The molecule has 1 aliphatic carbocycles. The third-order valence-electron chi connectivity index (χ3n) is 4.33. The van der Waals surface area contributed by atoms with Crippen LogP contribution in [0.5, 0.6) is 0 Å². The van der Waals surface area contributed by atoms with Crippen LogP contribution in [0.25, 0.3) is 5.57 Å². The third-order valence-corrected chi connectivity index (χ3v) is 4.33. The predicted octanol–water partition coefficient (Wildman–Crippen LogP) is 9.62. The van der Waals surface area contributed by atoms with E-state index in [9.17, 15) is 0 Å². The molecule has 0 aromatic heterocycles. The highest BCUT2D eigenvalue weighted by atomic mass is 14.1. The summed E-state index contributed by atoms with van der Waals surface area (Å²) in [6, 6.07) is 6.72. The van der Waals surface area contributed by atoms with E-state index in [1.807, 2.05) is 13.8 Å². The van der Waals surface area contributed by atoms with Gasteiger partial charge >= 0.3 is 0 Å². The zero-order valence-corrected chi connectivity index (χ0v) is 20.0. The summed E-state index contributed by atoms with van der Waals surface area (Å²) >= 11 is 0. The second-order valence-electron chi connectivity index (χ2n) is 6.97. The standard InChI is InChI=1S/C17H20.2C4H10.C2H6/c1-12-6-5-7-16(14(3)10-12)17-9-8-13(2)11-15(17)4;2*1-3-4-2;1-2/h5-6,8-11H,7H2,1-4H3;2*3-4H2,1-2H3;1-2H3. The summed E-state index contributed by atoms with van der Waals surface area (Å²) in [4.78, 5) is 0. The van der Waals surface area contributed by atoms with Crippen molar-refractivity contribution in [1.82, 2.24) is 0 Å². The Hall–Kier alpha value is -1.56. The zero-order chi connectivity index (χ0) is 21.2. The summed E-state index contributed by atoms with van der Waals surface area (Å²) in [6.45, 7) is 21.4. The highest BCUT2D eigenvalue weighted by Crippen LogP contribution is 2.29. The average molecular weight is 371 g/mol. The maximum Gasteiger partial charge on any atom is -0.00856 e. The molecule has 0 radical (unpaired) electrons. The van der Waals surface area contributed by atoms with Crippen molar-refractivity contribution in [3.63, 3.8) is 0 Å². The molecule has 0 heteroatoms. The van der Waals surface area contributed by atoms with E-state index < -0.39 is 0 Å². The first-order chi connectivity index (χ1) is 12.9. The maximum atomic E-state index is 2.28. The van der Waals surface area contributed by atoms with Crippen LogP contribution < -0.4 is 0 Å². The molecule has 1 aromatic rings. The van der Waals surface area contributed by atoms with Gasteiger partial charge in [0.05, 0.1) is 0 Å². The van der Waals surface area contributed by atoms with Crippen LogP contribution in [0.15, 0.2) is 47.6 Å². The molecule has 0 N–H and O–H groups in total. The Balaban J connectivity index is 0. The largest absolute Gasteiger partial charge is 0.0798 e. The molecule has 0 saturated heterocycles. The molecular weight excluding hydrogens is 324 g/mol. The van der Waals surface area contributed by atoms with E-state index in [0.717, 1.165) is 6.42 Å². The molecule has 1 aliphatic rings. The number of hydrogen-bond donors (Lipinski definition) is 0. The van der Waals surface area contributed by atoms with Gasteiger partial charge in [-0.3, -0.25) is 0 Å². The lowest BCUT2D eigenvalue weighted by Gasteiger charge is -2.12.